The highest BCUT2D eigenvalue weighted by atomic mass is 16.2. The van der Waals surface area contributed by atoms with E-state index in [1.807, 2.05) is 18.2 Å². The van der Waals surface area contributed by atoms with Crippen molar-refractivity contribution in [3.8, 4) is 16.9 Å². The van der Waals surface area contributed by atoms with E-state index in [1.54, 1.807) is 45.9 Å². The maximum Gasteiger partial charge on any atom is 0.282 e. The summed E-state index contributed by atoms with van der Waals surface area (Å²) in [6.07, 6.45) is 3.39. The van der Waals surface area contributed by atoms with E-state index in [4.69, 9.17) is 0 Å². The van der Waals surface area contributed by atoms with Crippen LogP contribution in [-0.4, -0.2) is 62.1 Å². The normalized spacial score (nSPS) is 14.5. The Hall–Kier alpha value is -3.42. The van der Waals surface area contributed by atoms with Crippen LogP contribution in [0.25, 0.3) is 16.9 Å². The monoisotopic (exact) mass is 379 g/mol. The molecule has 3 aliphatic rings. The molecule has 3 heterocycles. The topological polar surface area (TPSA) is 80.4 Å². The van der Waals surface area contributed by atoms with Crippen molar-refractivity contribution in [2.75, 3.05) is 26.2 Å². The number of hydrogen-bond donors (Lipinski definition) is 0. The molecule has 28 heavy (non-hydrogen) atoms. The van der Waals surface area contributed by atoms with Gasteiger partial charge in [0.05, 0.1) is 16.8 Å². The lowest BCUT2D eigenvalue weighted by molar-refractivity contribution is -0.130. The fraction of sp³-hybridized carbons (Fsp3) is 0.300. The number of carbonyl (C=O) groups excluding carboxylic acids is 2. The summed E-state index contributed by atoms with van der Waals surface area (Å²) in [5.74, 6) is -0.166. The minimum Gasteiger partial charge on any atom is -0.356 e. The Kier molecular flexibility index (Phi) is 4.46. The molecule has 0 saturated carbocycles. The van der Waals surface area contributed by atoms with Gasteiger partial charge in [-0.05, 0) is 12.1 Å². The number of aromatic nitrogens is 3. The van der Waals surface area contributed by atoms with Gasteiger partial charge in [0.1, 0.15) is 5.69 Å². The maximum atomic E-state index is 13.2. The summed E-state index contributed by atoms with van der Waals surface area (Å²) in [6, 6.07) is 9.14. The van der Waals surface area contributed by atoms with Gasteiger partial charge in [-0.25, -0.2) is 0 Å². The highest BCUT2D eigenvalue weighted by molar-refractivity contribution is 6.00. The summed E-state index contributed by atoms with van der Waals surface area (Å²) in [5.41, 5.74) is 1.58. The molecule has 4 rings (SSSR count). The zero-order valence-corrected chi connectivity index (χ0v) is 15.8. The van der Waals surface area contributed by atoms with Gasteiger partial charge in [0.25, 0.3) is 11.5 Å². The van der Waals surface area contributed by atoms with E-state index in [2.05, 4.69) is 5.10 Å². The summed E-state index contributed by atoms with van der Waals surface area (Å²) in [7, 11) is 1.78. The Morgan fingerprint density at radius 2 is 1.61 bits per heavy atom. The van der Waals surface area contributed by atoms with Gasteiger partial charge >= 0.3 is 0 Å². The summed E-state index contributed by atoms with van der Waals surface area (Å²) in [4.78, 5) is 41.0. The maximum absolute atomic E-state index is 13.2. The summed E-state index contributed by atoms with van der Waals surface area (Å²) < 4.78 is 3.04. The minimum absolute atomic E-state index is 0.0122. The van der Waals surface area contributed by atoms with Gasteiger partial charge in [0.2, 0.25) is 5.91 Å². The first kappa shape index (κ1) is 18.0. The number of benzene rings is 1. The van der Waals surface area contributed by atoms with Crippen molar-refractivity contribution in [1.29, 1.82) is 0 Å². The van der Waals surface area contributed by atoms with E-state index >= 15 is 0 Å². The lowest BCUT2D eigenvalue weighted by Crippen LogP contribution is -2.50. The third kappa shape index (κ3) is 3.06. The standard InChI is InChI=1S/C20H21N5O3/c1-14(26)23-8-10-24(11-9-23)19(27)16-12-22(2)13-17-18(16)21-25(20(17)28)15-6-4-3-5-7-15/h3-7,12-13H,8-11H2,1-2H3. The first-order chi connectivity index (χ1) is 13.5. The molecule has 0 unspecified atom stereocenters. The lowest BCUT2D eigenvalue weighted by atomic mass is 10.1. The Bertz CT molecular complexity index is 1060. The number of carbonyl (C=O) groups is 2. The van der Waals surface area contributed by atoms with Gasteiger partial charge < -0.3 is 14.4 Å². The molecule has 8 heteroatoms. The largest absolute Gasteiger partial charge is 0.356 e. The molecule has 0 bridgehead atoms. The fourth-order valence-corrected chi connectivity index (χ4v) is 3.53. The molecule has 0 aromatic heterocycles. The second kappa shape index (κ2) is 6.95. The Morgan fingerprint density at radius 3 is 2.25 bits per heavy atom. The number of nitrogens with zero attached hydrogens (tertiary/aromatic N) is 5. The molecule has 3 aliphatic heterocycles. The molecule has 0 spiro atoms. The number of amides is 2. The highest BCUT2D eigenvalue weighted by Crippen LogP contribution is 2.23. The molecule has 0 radical (unpaired) electrons. The zero-order valence-electron chi connectivity index (χ0n) is 15.8. The number of fused-ring (bicyclic) bond motifs is 1. The molecule has 0 atom stereocenters. The second-order valence-electron chi connectivity index (χ2n) is 6.95. The number of piperazine rings is 1. The van der Waals surface area contributed by atoms with Crippen molar-refractivity contribution in [1.82, 2.24) is 24.1 Å². The summed E-state index contributed by atoms with van der Waals surface area (Å²) in [6.45, 7) is 3.47. The van der Waals surface area contributed by atoms with Gasteiger partial charge in [0, 0.05) is 52.5 Å². The third-order valence-electron chi connectivity index (χ3n) is 5.04. The van der Waals surface area contributed by atoms with E-state index in [-0.39, 0.29) is 17.4 Å². The summed E-state index contributed by atoms with van der Waals surface area (Å²) in [5, 5.41) is 4.46. The average Bonchev–Trinajstić information content (AvgIpc) is 3.04. The van der Waals surface area contributed by atoms with Gasteiger partial charge in [-0.2, -0.15) is 9.78 Å². The second-order valence-corrected chi connectivity index (χ2v) is 6.95. The lowest BCUT2D eigenvalue weighted by Gasteiger charge is -2.34. The third-order valence-corrected chi connectivity index (χ3v) is 5.04. The van der Waals surface area contributed by atoms with Crippen molar-refractivity contribution < 1.29 is 9.59 Å². The molecule has 1 saturated heterocycles. The molecular formula is C20H21N5O3. The van der Waals surface area contributed by atoms with Crippen LogP contribution in [-0.2, 0) is 11.8 Å². The fourth-order valence-electron chi connectivity index (χ4n) is 3.53. The Labute approximate surface area is 161 Å². The van der Waals surface area contributed by atoms with E-state index in [9.17, 15) is 14.4 Å². The molecular weight excluding hydrogens is 358 g/mol. The zero-order chi connectivity index (χ0) is 19.8. The number of hydrogen-bond acceptors (Lipinski definition) is 4. The number of rotatable bonds is 2. The van der Waals surface area contributed by atoms with Crippen LogP contribution in [0.15, 0.2) is 47.5 Å². The Balaban J connectivity index is 1.72. The summed E-state index contributed by atoms with van der Waals surface area (Å²) >= 11 is 0. The highest BCUT2D eigenvalue weighted by Gasteiger charge is 2.29. The van der Waals surface area contributed by atoms with Crippen LogP contribution >= 0.6 is 0 Å². The molecule has 144 valence electrons. The smallest absolute Gasteiger partial charge is 0.282 e. The van der Waals surface area contributed by atoms with Gasteiger partial charge in [-0.3, -0.25) is 14.4 Å². The molecule has 0 N–H and O–H groups in total. The molecule has 2 amide bonds. The van der Waals surface area contributed by atoms with Gasteiger partial charge in [0.15, 0.2) is 0 Å². The van der Waals surface area contributed by atoms with Gasteiger partial charge in [-0.15, -0.1) is 0 Å². The first-order valence-electron chi connectivity index (χ1n) is 9.15. The van der Waals surface area contributed by atoms with Crippen LogP contribution in [0.2, 0.25) is 0 Å². The van der Waals surface area contributed by atoms with E-state index in [0.717, 1.165) is 0 Å². The van der Waals surface area contributed by atoms with Crippen LogP contribution in [0, 0.1) is 0 Å². The number of aryl methyl sites for hydroxylation is 1. The van der Waals surface area contributed by atoms with E-state index in [1.165, 1.54) is 11.6 Å². The van der Waals surface area contributed by atoms with Crippen molar-refractivity contribution in [3.63, 3.8) is 0 Å². The van der Waals surface area contributed by atoms with Crippen molar-refractivity contribution in [2.45, 2.75) is 6.92 Å². The molecule has 8 nitrogen and oxygen atoms in total. The molecule has 0 aliphatic carbocycles. The molecule has 1 aromatic carbocycles. The average molecular weight is 379 g/mol. The van der Waals surface area contributed by atoms with Crippen LogP contribution in [0.1, 0.15) is 17.3 Å². The van der Waals surface area contributed by atoms with Gasteiger partial charge in [-0.1, -0.05) is 18.2 Å². The van der Waals surface area contributed by atoms with Crippen molar-refractivity contribution in [2.24, 2.45) is 7.05 Å². The number of pyridine rings is 1. The van der Waals surface area contributed by atoms with E-state index in [0.29, 0.717) is 48.7 Å². The van der Waals surface area contributed by atoms with Crippen LogP contribution in [0.3, 0.4) is 0 Å². The SMILES string of the molecule is CC(=O)N1CCN(C(=O)c2cn(C)cc3c(=O)n(-c4ccccc4)nc2-3)CC1. The van der Waals surface area contributed by atoms with Crippen molar-refractivity contribution >= 4 is 11.8 Å². The predicted octanol–water partition coefficient (Wildman–Crippen LogP) is 0.980. The van der Waals surface area contributed by atoms with Crippen LogP contribution in [0.5, 0.6) is 0 Å². The number of para-hydroxylation sites is 1. The molecule has 1 aromatic rings. The molecule has 1 fully saturated rings. The van der Waals surface area contributed by atoms with Crippen molar-refractivity contribution in [3.05, 3.63) is 58.6 Å². The van der Waals surface area contributed by atoms with Crippen LogP contribution in [0.4, 0.5) is 0 Å². The first-order valence-corrected chi connectivity index (χ1v) is 9.15. The minimum atomic E-state index is -0.257. The Morgan fingerprint density at radius 1 is 0.964 bits per heavy atom. The quantitative estimate of drug-likeness (QED) is 0.665. The van der Waals surface area contributed by atoms with Crippen LogP contribution < -0.4 is 5.56 Å². The van der Waals surface area contributed by atoms with E-state index < -0.39 is 0 Å². The predicted molar refractivity (Wildman–Crippen MR) is 104 cm³/mol.